The lowest BCUT2D eigenvalue weighted by Gasteiger charge is -2.09. The number of nitrogens with one attached hydrogen (secondary N) is 1. The molecule has 0 atom stereocenters. The highest BCUT2D eigenvalue weighted by atomic mass is 16.5. The Labute approximate surface area is 151 Å². The number of aromatic nitrogens is 1. The predicted molar refractivity (Wildman–Crippen MR) is 96.6 cm³/mol. The number of carbonyl (C=O) groups excluding carboxylic acids is 1. The molecule has 1 heterocycles. The van der Waals surface area contributed by atoms with E-state index >= 15 is 0 Å². The average Bonchev–Trinajstić information content (AvgIpc) is 2.68. The Balaban J connectivity index is 1.60. The Morgan fingerprint density at radius 1 is 1.04 bits per heavy atom. The van der Waals surface area contributed by atoms with Crippen LogP contribution in [0.25, 0.3) is 0 Å². The average molecular weight is 350 g/mol. The summed E-state index contributed by atoms with van der Waals surface area (Å²) in [6.07, 6.45) is 1.41. The molecule has 2 aromatic carbocycles. The molecule has 0 aliphatic heterocycles. The van der Waals surface area contributed by atoms with Crippen molar-refractivity contribution in [1.82, 2.24) is 10.3 Å². The van der Waals surface area contributed by atoms with Gasteiger partial charge in [0.25, 0.3) is 5.91 Å². The molecule has 0 spiro atoms. The molecule has 0 fully saturated rings. The molecule has 0 unspecified atom stereocenters. The van der Waals surface area contributed by atoms with Crippen LogP contribution >= 0.6 is 0 Å². The molecule has 0 saturated heterocycles. The Kier molecular flexibility index (Phi) is 5.34. The van der Waals surface area contributed by atoms with E-state index < -0.39 is 5.91 Å². The molecule has 3 aromatic rings. The summed E-state index contributed by atoms with van der Waals surface area (Å²) >= 11 is 0. The van der Waals surface area contributed by atoms with Crippen molar-refractivity contribution in [3.05, 3.63) is 78.1 Å². The normalized spacial score (nSPS) is 10.2. The smallest absolute Gasteiger partial charge is 0.274 e. The lowest BCUT2D eigenvalue weighted by Crippen LogP contribution is -2.24. The number of para-hydroxylation sites is 1. The van der Waals surface area contributed by atoms with Crippen LogP contribution in [0.4, 0.5) is 0 Å². The maximum Gasteiger partial charge on any atom is 0.274 e. The fourth-order valence-corrected chi connectivity index (χ4v) is 2.33. The minimum Gasteiger partial charge on any atom is -0.503 e. The van der Waals surface area contributed by atoms with E-state index in [-0.39, 0.29) is 17.2 Å². The van der Waals surface area contributed by atoms with E-state index in [1.807, 2.05) is 54.6 Å². The van der Waals surface area contributed by atoms with E-state index in [0.29, 0.717) is 12.3 Å². The fourth-order valence-electron chi connectivity index (χ4n) is 2.33. The molecule has 6 heteroatoms. The minimum absolute atomic E-state index is 0.0756. The van der Waals surface area contributed by atoms with Crippen molar-refractivity contribution in [2.24, 2.45) is 0 Å². The van der Waals surface area contributed by atoms with Gasteiger partial charge in [-0.1, -0.05) is 30.3 Å². The highest BCUT2D eigenvalue weighted by molar-refractivity contribution is 5.95. The standard InChI is InChI=1S/C20H18N2O4/c1-25-17-11-12-21-18(19(17)23)20(24)22-13-14-7-9-16(10-8-14)26-15-5-3-2-4-6-15/h2-12,23H,13H2,1H3,(H,22,24). The van der Waals surface area contributed by atoms with Gasteiger partial charge in [0.1, 0.15) is 11.5 Å². The van der Waals surface area contributed by atoms with Crippen LogP contribution in [-0.2, 0) is 6.54 Å². The fraction of sp³-hybridized carbons (Fsp3) is 0.100. The van der Waals surface area contributed by atoms with Gasteiger partial charge in [-0.05, 0) is 29.8 Å². The van der Waals surface area contributed by atoms with Crippen LogP contribution in [0.15, 0.2) is 66.9 Å². The molecule has 26 heavy (non-hydrogen) atoms. The zero-order chi connectivity index (χ0) is 18.4. The number of aromatic hydroxyl groups is 1. The van der Waals surface area contributed by atoms with Crippen molar-refractivity contribution in [2.45, 2.75) is 6.54 Å². The molecule has 0 saturated carbocycles. The SMILES string of the molecule is COc1ccnc(C(=O)NCc2ccc(Oc3ccccc3)cc2)c1O. The van der Waals surface area contributed by atoms with Gasteiger partial charge in [0.15, 0.2) is 17.2 Å². The van der Waals surface area contributed by atoms with Gasteiger partial charge in [-0.2, -0.15) is 0 Å². The van der Waals surface area contributed by atoms with Gasteiger partial charge < -0.3 is 19.9 Å². The monoisotopic (exact) mass is 350 g/mol. The zero-order valence-electron chi connectivity index (χ0n) is 14.2. The van der Waals surface area contributed by atoms with Crippen LogP contribution in [0.2, 0.25) is 0 Å². The Bertz CT molecular complexity index is 880. The highest BCUT2D eigenvalue weighted by Gasteiger charge is 2.16. The summed E-state index contributed by atoms with van der Waals surface area (Å²) < 4.78 is 10.7. The first kappa shape index (κ1) is 17.3. The molecule has 132 valence electrons. The van der Waals surface area contributed by atoms with Crippen molar-refractivity contribution in [3.8, 4) is 23.0 Å². The molecular weight excluding hydrogens is 332 g/mol. The molecule has 6 nitrogen and oxygen atoms in total. The third kappa shape index (κ3) is 4.10. The van der Waals surface area contributed by atoms with E-state index in [1.54, 1.807) is 0 Å². The van der Waals surface area contributed by atoms with Crippen molar-refractivity contribution < 1.29 is 19.4 Å². The van der Waals surface area contributed by atoms with E-state index in [2.05, 4.69) is 10.3 Å². The summed E-state index contributed by atoms with van der Waals surface area (Å²) in [5, 5.41) is 12.7. The molecule has 3 rings (SSSR count). The van der Waals surface area contributed by atoms with E-state index in [1.165, 1.54) is 19.4 Å². The number of hydrogen-bond donors (Lipinski definition) is 2. The van der Waals surface area contributed by atoms with Gasteiger partial charge in [0.05, 0.1) is 7.11 Å². The number of benzene rings is 2. The van der Waals surface area contributed by atoms with Crippen LogP contribution in [0, 0.1) is 0 Å². The Morgan fingerprint density at radius 3 is 2.42 bits per heavy atom. The van der Waals surface area contributed by atoms with Gasteiger partial charge in [0, 0.05) is 18.8 Å². The highest BCUT2D eigenvalue weighted by Crippen LogP contribution is 2.27. The maximum atomic E-state index is 12.2. The molecule has 1 amide bonds. The summed E-state index contributed by atoms with van der Waals surface area (Å²) in [6, 6.07) is 18.3. The second kappa shape index (κ2) is 8.02. The zero-order valence-corrected chi connectivity index (χ0v) is 14.2. The second-order valence-corrected chi connectivity index (χ2v) is 5.45. The molecule has 0 aliphatic carbocycles. The summed E-state index contributed by atoms with van der Waals surface area (Å²) in [4.78, 5) is 16.1. The van der Waals surface area contributed by atoms with E-state index in [4.69, 9.17) is 9.47 Å². The predicted octanol–water partition coefficient (Wildman–Crippen LogP) is 3.52. The first-order valence-electron chi connectivity index (χ1n) is 7.99. The van der Waals surface area contributed by atoms with Gasteiger partial charge >= 0.3 is 0 Å². The minimum atomic E-state index is -0.481. The van der Waals surface area contributed by atoms with Gasteiger partial charge in [-0.15, -0.1) is 0 Å². The number of methoxy groups -OCH3 is 1. The molecule has 1 aromatic heterocycles. The summed E-state index contributed by atoms with van der Waals surface area (Å²) in [5.74, 6) is 0.907. The third-order valence-corrected chi connectivity index (χ3v) is 3.68. The van der Waals surface area contributed by atoms with Gasteiger partial charge in [-0.25, -0.2) is 4.98 Å². The van der Waals surface area contributed by atoms with Crippen LogP contribution in [0.3, 0.4) is 0 Å². The topological polar surface area (TPSA) is 80.7 Å². The number of carbonyl (C=O) groups is 1. The second-order valence-electron chi connectivity index (χ2n) is 5.45. The maximum absolute atomic E-state index is 12.2. The lowest BCUT2D eigenvalue weighted by atomic mass is 10.2. The van der Waals surface area contributed by atoms with Crippen molar-refractivity contribution in [3.63, 3.8) is 0 Å². The van der Waals surface area contributed by atoms with E-state index in [0.717, 1.165) is 11.3 Å². The van der Waals surface area contributed by atoms with Crippen LogP contribution < -0.4 is 14.8 Å². The number of hydrogen-bond acceptors (Lipinski definition) is 5. The molecule has 0 bridgehead atoms. The molecule has 2 N–H and O–H groups in total. The van der Waals surface area contributed by atoms with Crippen molar-refractivity contribution in [2.75, 3.05) is 7.11 Å². The Hall–Kier alpha value is -3.54. The summed E-state index contributed by atoms with van der Waals surface area (Å²) in [5.41, 5.74) is 0.814. The van der Waals surface area contributed by atoms with E-state index in [9.17, 15) is 9.90 Å². The lowest BCUT2D eigenvalue weighted by molar-refractivity contribution is 0.0942. The van der Waals surface area contributed by atoms with Gasteiger partial charge in [-0.3, -0.25) is 4.79 Å². The van der Waals surface area contributed by atoms with Crippen LogP contribution in [-0.4, -0.2) is 23.1 Å². The Morgan fingerprint density at radius 2 is 1.73 bits per heavy atom. The first-order chi connectivity index (χ1) is 12.7. The van der Waals surface area contributed by atoms with Crippen molar-refractivity contribution >= 4 is 5.91 Å². The third-order valence-electron chi connectivity index (χ3n) is 3.68. The number of rotatable bonds is 6. The molecule has 0 aliphatic rings. The summed E-state index contributed by atoms with van der Waals surface area (Å²) in [7, 11) is 1.41. The number of amides is 1. The van der Waals surface area contributed by atoms with Gasteiger partial charge in [0.2, 0.25) is 0 Å². The molecular formula is C20H18N2O4. The van der Waals surface area contributed by atoms with Crippen molar-refractivity contribution in [1.29, 1.82) is 0 Å². The number of pyridine rings is 1. The van der Waals surface area contributed by atoms with Crippen LogP contribution in [0.5, 0.6) is 23.0 Å². The largest absolute Gasteiger partial charge is 0.503 e. The number of nitrogens with zero attached hydrogens (tertiary/aromatic N) is 1. The quantitative estimate of drug-likeness (QED) is 0.711. The number of ether oxygens (including phenoxy) is 2. The molecule has 0 radical (unpaired) electrons. The van der Waals surface area contributed by atoms with Crippen LogP contribution in [0.1, 0.15) is 16.1 Å². The summed E-state index contributed by atoms with van der Waals surface area (Å²) in [6.45, 7) is 0.294. The first-order valence-corrected chi connectivity index (χ1v) is 7.99.